The summed E-state index contributed by atoms with van der Waals surface area (Å²) in [6.07, 6.45) is 2.70. The highest BCUT2D eigenvalue weighted by Gasteiger charge is 2.21. The summed E-state index contributed by atoms with van der Waals surface area (Å²) < 4.78 is 53.4. The minimum Gasteiger partial charge on any atom is -0.284 e. The molecule has 0 saturated heterocycles. The molecule has 1 heterocycles. The van der Waals surface area contributed by atoms with Gasteiger partial charge in [0.05, 0.1) is 11.8 Å². The highest BCUT2D eigenvalue weighted by molar-refractivity contribution is 7.92. The zero-order chi connectivity index (χ0) is 20.5. The van der Waals surface area contributed by atoms with Gasteiger partial charge in [0, 0.05) is 23.3 Å². The van der Waals surface area contributed by atoms with Gasteiger partial charge in [0.25, 0.3) is 0 Å². The molecule has 0 radical (unpaired) electrons. The normalized spacial score (nSPS) is 13.4. The van der Waals surface area contributed by atoms with Crippen LogP contribution in [0.3, 0.4) is 0 Å². The van der Waals surface area contributed by atoms with E-state index in [0.717, 1.165) is 17.2 Å². The van der Waals surface area contributed by atoms with Crippen molar-refractivity contribution in [3.05, 3.63) is 65.9 Å². The van der Waals surface area contributed by atoms with Crippen molar-refractivity contribution in [3.8, 4) is 0 Å². The van der Waals surface area contributed by atoms with Gasteiger partial charge < -0.3 is 0 Å². The molecule has 0 aliphatic heterocycles. The van der Waals surface area contributed by atoms with E-state index >= 15 is 0 Å². The minimum atomic E-state index is -3.81. The number of hydrogen-bond acceptors (Lipinski definition) is 5. The van der Waals surface area contributed by atoms with Crippen molar-refractivity contribution in [1.29, 1.82) is 0 Å². The van der Waals surface area contributed by atoms with Gasteiger partial charge in [0.15, 0.2) is 0 Å². The van der Waals surface area contributed by atoms with Crippen molar-refractivity contribution >= 4 is 36.6 Å². The van der Waals surface area contributed by atoms with Crippen LogP contribution < -0.4 is 9.44 Å². The lowest BCUT2D eigenvalue weighted by Crippen LogP contribution is -2.27. The van der Waals surface area contributed by atoms with Crippen molar-refractivity contribution in [2.24, 2.45) is 0 Å². The first kappa shape index (κ1) is 20.2. The third-order valence-electron chi connectivity index (χ3n) is 4.15. The molecule has 0 aliphatic carbocycles. The van der Waals surface area contributed by atoms with E-state index in [2.05, 4.69) is 14.4 Å². The van der Waals surface area contributed by atoms with Crippen LogP contribution in [0.2, 0.25) is 0 Å². The number of nitrogens with zero attached hydrogens (tertiary/aromatic N) is 1. The molecule has 0 amide bonds. The van der Waals surface area contributed by atoms with E-state index in [4.69, 9.17) is 0 Å². The molecule has 9 heteroatoms. The third-order valence-corrected chi connectivity index (χ3v) is 6.32. The predicted octanol–water partition coefficient (Wildman–Crippen LogP) is 2.95. The van der Waals surface area contributed by atoms with Crippen molar-refractivity contribution < 1.29 is 16.8 Å². The maximum atomic E-state index is 12.9. The molecule has 0 aliphatic rings. The second-order valence-corrected chi connectivity index (χ2v) is 10.1. The summed E-state index contributed by atoms with van der Waals surface area (Å²) in [7, 11) is -7.18. The van der Waals surface area contributed by atoms with Crippen LogP contribution in [0.15, 0.2) is 59.6 Å². The SMILES string of the molecule is Cc1cnc2c(S(=O)(=O)N[C@@H](C)c3ccc(NS(C)(=O)=O)cc3)cccc2c1. The second-order valence-electron chi connectivity index (χ2n) is 6.68. The van der Waals surface area contributed by atoms with E-state index in [9.17, 15) is 16.8 Å². The Hall–Kier alpha value is -2.49. The molecular formula is C19H21N3O4S2. The highest BCUT2D eigenvalue weighted by Crippen LogP contribution is 2.24. The van der Waals surface area contributed by atoms with E-state index in [1.165, 1.54) is 6.07 Å². The van der Waals surface area contributed by atoms with Gasteiger partial charge in [-0.25, -0.2) is 21.6 Å². The Labute approximate surface area is 164 Å². The lowest BCUT2D eigenvalue weighted by atomic mass is 10.1. The van der Waals surface area contributed by atoms with E-state index in [1.54, 1.807) is 43.5 Å². The van der Waals surface area contributed by atoms with Gasteiger partial charge in [-0.2, -0.15) is 0 Å². The highest BCUT2D eigenvalue weighted by atomic mass is 32.2. The van der Waals surface area contributed by atoms with Gasteiger partial charge in [0.2, 0.25) is 20.0 Å². The largest absolute Gasteiger partial charge is 0.284 e. The fourth-order valence-electron chi connectivity index (χ4n) is 2.88. The molecule has 3 rings (SSSR count). The Morgan fingerprint density at radius 3 is 2.32 bits per heavy atom. The van der Waals surface area contributed by atoms with Crippen LogP contribution in [0.1, 0.15) is 24.1 Å². The molecule has 0 saturated carbocycles. The number of anilines is 1. The average molecular weight is 420 g/mol. The summed E-state index contributed by atoms with van der Waals surface area (Å²) >= 11 is 0. The first-order chi connectivity index (χ1) is 13.0. The zero-order valence-corrected chi connectivity index (χ0v) is 17.3. The lowest BCUT2D eigenvalue weighted by molar-refractivity contribution is 0.567. The molecule has 1 aromatic heterocycles. The summed E-state index contributed by atoms with van der Waals surface area (Å²) in [4.78, 5) is 4.41. The number of para-hydroxylation sites is 1. The number of aryl methyl sites for hydroxylation is 1. The molecule has 0 fully saturated rings. The number of sulfonamides is 2. The van der Waals surface area contributed by atoms with E-state index in [-0.39, 0.29) is 4.90 Å². The first-order valence-corrected chi connectivity index (χ1v) is 11.9. The van der Waals surface area contributed by atoms with Crippen LogP contribution in [0.4, 0.5) is 5.69 Å². The maximum Gasteiger partial charge on any atom is 0.243 e. The summed E-state index contributed by atoms with van der Waals surface area (Å²) in [6.45, 7) is 3.62. The summed E-state index contributed by atoms with van der Waals surface area (Å²) in [5.74, 6) is 0. The standard InChI is InChI=1S/C19H21N3O4S2/c1-13-11-16-5-4-6-18(19(16)20-12-13)28(25,26)21-14(2)15-7-9-17(10-8-15)22-27(3,23)24/h4-12,14,21-22H,1-3H3/t14-/m0/s1. The number of hydrogen-bond donors (Lipinski definition) is 2. The van der Waals surface area contributed by atoms with Crippen molar-refractivity contribution in [2.45, 2.75) is 24.8 Å². The summed E-state index contributed by atoms with van der Waals surface area (Å²) in [5.41, 5.74) is 2.48. The second kappa shape index (κ2) is 7.50. The van der Waals surface area contributed by atoms with Crippen LogP contribution in [0.25, 0.3) is 10.9 Å². The van der Waals surface area contributed by atoms with Gasteiger partial charge in [-0.15, -0.1) is 0 Å². The quantitative estimate of drug-likeness (QED) is 0.639. The fraction of sp³-hybridized carbons (Fsp3) is 0.211. The molecule has 2 N–H and O–H groups in total. The number of pyridine rings is 1. The summed E-state index contributed by atoms with van der Waals surface area (Å²) in [6, 6.07) is 12.9. The average Bonchev–Trinajstić information content (AvgIpc) is 2.59. The monoisotopic (exact) mass is 419 g/mol. The van der Waals surface area contributed by atoms with Crippen LogP contribution in [0.5, 0.6) is 0 Å². The van der Waals surface area contributed by atoms with Crippen LogP contribution in [0, 0.1) is 6.92 Å². The Balaban J connectivity index is 1.86. The molecule has 7 nitrogen and oxygen atoms in total. The number of fused-ring (bicyclic) bond motifs is 1. The molecule has 0 bridgehead atoms. The molecule has 0 spiro atoms. The maximum absolute atomic E-state index is 12.9. The molecule has 3 aromatic rings. The molecule has 2 aromatic carbocycles. The van der Waals surface area contributed by atoms with Crippen LogP contribution in [-0.4, -0.2) is 28.1 Å². The van der Waals surface area contributed by atoms with Crippen LogP contribution in [-0.2, 0) is 20.0 Å². The van der Waals surface area contributed by atoms with Crippen molar-refractivity contribution in [3.63, 3.8) is 0 Å². The minimum absolute atomic E-state index is 0.118. The van der Waals surface area contributed by atoms with E-state index in [1.807, 2.05) is 19.1 Å². The van der Waals surface area contributed by atoms with Crippen molar-refractivity contribution in [2.75, 3.05) is 11.0 Å². The molecular weight excluding hydrogens is 398 g/mol. The molecule has 0 unspecified atom stereocenters. The van der Waals surface area contributed by atoms with Gasteiger partial charge in [-0.05, 0) is 49.2 Å². The lowest BCUT2D eigenvalue weighted by Gasteiger charge is -2.16. The number of nitrogens with one attached hydrogen (secondary N) is 2. The van der Waals surface area contributed by atoms with Crippen molar-refractivity contribution in [1.82, 2.24) is 9.71 Å². The third kappa shape index (κ3) is 4.67. The number of rotatable bonds is 6. The van der Waals surface area contributed by atoms with Gasteiger partial charge in [-0.1, -0.05) is 24.3 Å². The first-order valence-electron chi connectivity index (χ1n) is 8.51. The number of benzene rings is 2. The van der Waals surface area contributed by atoms with Gasteiger partial charge in [-0.3, -0.25) is 9.71 Å². The zero-order valence-electron chi connectivity index (χ0n) is 15.7. The Kier molecular flexibility index (Phi) is 5.42. The Morgan fingerprint density at radius 2 is 1.68 bits per heavy atom. The molecule has 148 valence electrons. The van der Waals surface area contributed by atoms with E-state index < -0.39 is 26.1 Å². The predicted molar refractivity (Wildman–Crippen MR) is 110 cm³/mol. The Morgan fingerprint density at radius 1 is 1.00 bits per heavy atom. The van der Waals surface area contributed by atoms with Gasteiger partial charge in [0.1, 0.15) is 4.90 Å². The smallest absolute Gasteiger partial charge is 0.243 e. The molecule has 1 atom stereocenters. The fourth-order valence-corrected chi connectivity index (χ4v) is 4.85. The molecule has 28 heavy (non-hydrogen) atoms. The summed E-state index contributed by atoms with van der Waals surface area (Å²) in [5, 5.41) is 0.756. The van der Waals surface area contributed by atoms with Crippen LogP contribution >= 0.6 is 0 Å². The number of aromatic nitrogens is 1. The Bertz CT molecular complexity index is 1220. The topological polar surface area (TPSA) is 105 Å². The van der Waals surface area contributed by atoms with E-state index in [0.29, 0.717) is 16.8 Å². The van der Waals surface area contributed by atoms with Gasteiger partial charge >= 0.3 is 0 Å².